The molecule has 4 aromatic carbocycles. The van der Waals surface area contributed by atoms with Gasteiger partial charge in [-0.3, -0.25) is 0 Å². The van der Waals surface area contributed by atoms with Crippen molar-refractivity contribution in [3.8, 4) is 22.6 Å². The van der Waals surface area contributed by atoms with E-state index in [2.05, 4.69) is 36.4 Å². The molecule has 0 amide bonds. The van der Waals surface area contributed by atoms with Crippen LogP contribution >= 0.6 is 0 Å². The summed E-state index contributed by atoms with van der Waals surface area (Å²) in [5.41, 5.74) is 3.78. The average Bonchev–Trinajstić information content (AvgIpc) is 2.94. The molecule has 0 atom stereocenters. The lowest BCUT2D eigenvalue weighted by Crippen LogP contribution is -2.39. The smallest absolute Gasteiger partial charge is 0.456 e. The van der Waals surface area contributed by atoms with E-state index in [0.29, 0.717) is 11.9 Å². The molecule has 222 valence electrons. The van der Waals surface area contributed by atoms with Crippen molar-refractivity contribution < 1.29 is 27.2 Å². The predicted molar refractivity (Wildman–Crippen MR) is 176 cm³/mol. The van der Waals surface area contributed by atoms with Crippen LogP contribution in [0.1, 0.15) is 27.7 Å². The second-order valence-corrected chi connectivity index (χ2v) is 17.9. The Morgan fingerprint density at radius 2 is 0.857 bits per heavy atom. The van der Waals surface area contributed by atoms with Crippen LogP contribution in [0.4, 0.5) is 0 Å². The highest BCUT2D eigenvalue weighted by molar-refractivity contribution is 6.66. The van der Waals surface area contributed by atoms with Crippen LogP contribution in [0.3, 0.4) is 0 Å². The van der Waals surface area contributed by atoms with Crippen molar-refractivity contribution in [1.82, 2.24) is 0 Å². The molecule has 42 heavy (non-hydrogen) atoms. The third-order valence-corrected chi connectivity index (χ3v) is 9.38. The Balaban J connectivity index is 1.97. The van der Waals surface area contributed by atoms with Gasteiger partial charge in [0.1, 0.15) is 11.5 Å². The van der Waals surface area contributed by atoms with Crippen LogP contribution in [0.2, 0.25) is 26.2 Å². The van der Waals surface area contributed by atoms with Crippen LogP contribution in [0, 0.1) is 0 Å². The second-order valence-electron chi connectivity index (χ2n) is 11.5. The fourth-order valence-corrected chi connectivity index (χ4v) is 7.85. The Hall–Kier alpha value is -3.89. The summed E-state index contributed by atoms with van der Waals surface area (Å²) in [5.74, 6) is 2.42. The zero-order valence-corrected chi connectivity index (χ0v) is 28.4. The average molecular weight is 603 g/mol. The maximum atomic E-state index is 6.83. The van der Waals surface area contributed by atoms with Crippen molar-refractivity contribution in [2.24, 2.45) is 0 Å². The fraction of sp³-hybridized carbons (Fsp3) is 0.294. The maximum Gasteiger partial charge on any atom is 0.456 e. The highest BCUT2D eigenvalue weighted by Gasteiger charge is 2.35. The van der Waals surface area contributed by atoms with E-state index in [1.807, 2.05) is 90.3 Å². The van der Waals surface area contributed by atoms with E-state index >= 15 is 0 Å². The normalized spacial score (nSPS) is 11.6. The molecule has 0 saturated carbocycles. The second kappa shape index (κ2) is 12.5. The Morgan fingerprint density at radius 3 is 1.19 bits per heavy atom. The van der Waals surface area contributed by atoms with Gasteiger partial charge < -0.3 is 27.2 Å². The van der Waals surface area contributed by atoms with Gasteiger partial charge in [-0.1, -0.05) is 60.7 Å². The van der Waals surface area contributed by atoms with Crippen molar-refractivity contribution >= 4 is 38.7 Å². The summed E-state index contributed by atoms with van der Waals surface area (Å²) in [4.78, 5) is 0. The molecule has 0 radical (unpaired) electrons. The van der Waals surface area contributed by atoms with Gasteiger partial charge in [0.25, 0.3) is 11.9 Å². The van der Waals surface area contributed by atoms with Gasteiger partial charge in [-0.25, -0.2) is 0 Å². The van der Waals surface area contributed by atoms with Gasteiger partial charge in [0, 0.05) is 48.5 Å². The molecule has 0 N–H and O–H groups in total. The number of fused-ring (bicyclic) bond motifs is 2. The Morgan fingerprint density at radius 1 is 0.500 bits per heavy atom. The number of allylic oxidation sites excluding steroid dienone is 2. The zero-order valence-electron chi connectivity index (χ0n) is 26.4. The number of rotatable bonds is 11. The first kappa shape index (κ1) is 31.1. The van der Waals surface area contributed by atoms with Gasteiger partial charge in [0.15, 0.2) is 0 Å². The van der Waals surface area contributed by atoms with Crippen molar-refractivity contribution in [2.45, 2.75) is 53.9 Å². The van der Waals surface area contributed by atoms with Crippen molar-refractivity contribution in [2.75, 3.05) is 14.2 Å². The third kappa shape index (κ3) is 6.94. The summed E-state index contributed by atoms with van der Waals surface area (Å²) in [7, 11) is -2.32. The summed E-state index contributed by atoms with van der Waals surface area (Å²) in [6.07, 6.45) is 0. The summed E-state index contributed by atoms with van der Waals surface area (Å²) < 4.78 is 37.4. The van der Waals surface area contributed by atoms with E-state index in [4.69, 9.17) is 27.2 Å². The van der Waals surface area contributed by atoms with Gasteiger partial charge in [-0.2, -0.15) is 0 Å². The first-order valence-corrected chi connectivity index (χ1v) is 19.7. The largest absolute Gasteiger partial charge is 0.511 e. The van der Waals surface area contributed by atoms with Gasteiger partial charge in [0.05, 0.1) is 14.2 Å². The minimum atomic E-state index is -2.78. The molecule has 0 bridgehead atoms. The minimum Gasteiger partial charge on any atom is -0.511 e. The molecular formula is C34H42O6Si2. The van der Waals surface area contributed by atoms with Crippen LogP contribution in [0.5, 0.6) is 11.5 Å². The van der Waals surface area contributed by atoms with Crippen molar-refractivity contribution in [3.63, 3.8) is 0 Å². The summed E-state index contributed by atoms with van der Waals surface area (Å²) in [6, 6.07) is 24.9. The van der Waals surface area contributed by atoms with Crippen LogP contribution in [0.15, 0.2) is 95.8 Å². The lowest BCUT2D eigenvalue weighted by atomic mass is 9.92. The maximum absolute atomic E-state index is 6.83. The lowest BCUT2D eigenvalue weighted by molar-refractivity contribution is 0.124. The zero-order chi connectivity index (χ0) is 30.7. The molecule has 8 heteroatoms. The van der Waals surface area contributed by atoms with E-state index < -0.39 is 17.1 Å². The highest BCUT2D eigenvalue weighted by atomic mass is 28.4. The number of methoxy groups -OCH3 is 2. The predicted octanol–water partition coefficient (Wildman–Crippen LogP) is 9.65. The number of benzene rings is 4. The van der Waals surface area contributed by atoms with Gasteiger partial charge in [-0.05, 0) is 61.4 Å². The number of hydrogen-bond acceptors (Lipinski definition) is 6. The quantitative estimate of drug-likeness (QED) is 0.126. The van der Waals surface area contributed by atoms with Gasteiger partial charge >= 0.3 is 17.1 Å². The Labute approximate surface area is 252 Å². The molecule has 0 saturated heterocycles. The van der Waals surface area contributed by atoms with Crippen molar-refractivity contribution in [1.29, 1.82) is 0 Å². The Bertz CT molecular complexity index is 1520. The molecule has 0 fully saturated rings. The topological polar surface area (TPSA) is 55.4 Å². The molecular weight excluding hydrogens is 561 g/mol. The van der Waals surface area contributed by atoms with E-state index in [1.165, 1.54) is 0 Å². The van der Waals surface area contributed by atoms with E-state index in [-0.39, 0.29) is 0 Å². The molecule has 0 aromatic heterocycles. The standard InChI is InChI=1S/C34H42O6Si2/c1-23(2)33(35-5)39-41(7,8)37-29-21-19-25-15-11-13-17-27(25)31(29)32-28-18-14-12-16-26(28)20-22-30(32)38-42(9,10)40-34(36-6)24(3)4/h11-22H,1-10H3. The van der Waals surface area contributed by atoms with Gasteiger partial charge in [0.2, 0.25) is 0 Å². The molecule has 4 aromatic rings. The lowest BCUT2D eigenvalue weighted by Gasteiger charge is -2.30. The molecule has 0 aliphatic carbocycles. The molecule has 0 aliphatic rings. The van der Waals surface area contributed by atoms with E-state index in [0.717, 1.165) is 55.3 Å². The Kier molecular flexibility index (Phi) is 9.28. The minimum absolute atomic E-state index is 0.487. The van der Waals surface area contributed by atoms with Crippen LogP contribution in [-0.2, 0) is 18.3 Å². The summed E-state index contributed by atoms with van der Waals surface area (Å²) in [6.45, 7) is 15.9. The molecule has 0 unspecified atom stereocenters. The number of hydrogen-bond donors (Lipinski definition) is 0. The SMILES string of the molecule is COC(O[Si](C)(C)Oc1ccc2ccccc2c1-c1c(O[Si](C)(C)OC(OC)=C(C)C)ccc2ccccc12)=C(C)C. The highest BCUT2D eigenvalue weighted by Crippen LogP contribution is 2.47. The van der Waals surface area contributed by atoms with Crippen LogP contribution < -0.4 is 8.85 Å². The molecule has 0 heterocycles. The van der Waals surface area contributed by atoms with E-state index in [1.54, 1.807) is 14.2 Å². The monoisotopic (exact) mass is 602 g/mol. The van der Waals surface area contributed by atoms with Crippen LogP contribution in [0.25, 0.3) is 32.7 Å². The van der Waals surface area contributed by atoms with E-state index in [9.17, 15) is 0 Å². The summed E-state index contributed by atoms with van der Waals surface area (Å²) >= 11 is 0. The van der Waals surface area contributed by atoms with Crippen LogP contribution in [-0.4, -0.2) is 31.3 Å². The third-order valence-electron chi connectivity index (χ3n) is 6.61. The molecule has 0 spiro atoms. The number of ether oxygens (including phenoxy) is 2. The first-order valence-electron chi connectivity index (χ1n) is 14.1. The molecule has 0 aliphatic heterocycles. The molecule has 4 rings (SSSR count). The first-order chi connectivity index (χ1) is 19.9. The fourth-order valence-electron chi connectivity index (χ4n) is 4.90. The summed E-state index contributed by atoms with van der Waals surface area (Å²) in [5, 5.41) is 4.30. The van der Waals surface area contributed by atoms with Crippen molar-refractivity contribution in [3.05, 3.63) is 95.8 Å². The molecule has 6 nitrogen and oxygen atoms in total. The van der Waals surface area contributed by atoms with Gasteiger partial charge in [-0.15, -0.1) is 0 Å².